The molecular formula is C11H18. The summed E-state index contributed by atoms with van der Waals surface area (Å²) in [5, 5.41) is 0. The zero-order chi connectivity index (χ0) is 8.10. The van der Waals surface area contributed by atoms with Crippen molar-refractivity contribution in [3.8, 4) is 0 Å². The van der Waals surface area contributed by atoms with Gasteiger partial charge in [0.2, 0.25) is 0 Å². The van der Waals surface area contributed by atoms with E-state index in [0.717, 1.165) is 0 Å². The minimum absolute atomic E-state index is 0.692. The van der Waals surface area contributed by atoms with Crippen LogP contribution in [0.4, 0.5) is 0 Å². The van der Waals surface area contributed by atoms with Crippen molar-refractivity contribution >= 4 is 0 Å². The van der Waals surface area contributed by atoms with E-state index in [1.807, 2.05) is 0 Å². The van der Waals surface area contributed by atoms with E-state index in [4.69, 9.17) is 0 Å². The minimum atomic E-state index is 0.692. The Bertz CT molecular complexity index is 161. The third kappa shape index (κ3) is 3.41. The minimum Gasteiger partial charge on any atom is -0.0817 e. The lowest BCUT2D eigenvalue weighted by atomic mass is 9.98. The van der Waals surface area contributed by atoms with Gasteiger partial charge in [0.05, 0.1) is 0 Å². The first-order valence-electron chi connectivity index (χ1n) is 4.66. The Labute approximate surface area is 70.0 Å². The smallest absolute Gasteiger partial charge is 0.0282 e. The summed E-state index contributed by atoms with van der Waals surface area (Å²) in [4.78, 5) is 0. The second kappa shape index (κ2) is 4.38. The number of allylic oxidation sites excluding steroid dienone is 4. The van der Waals surface area contributed by atoms with Crippen LogP contribution < -0.4 is 0 Å². The highest BCUT2D eigenvalue weighted by molar-refractivity contribution is 5.20. The Morgan fingerprint density at radius 1 is 1.36 bits per heavy atom. The fraction of sp³-hybridized carbons (Fsp3) is 0.636. The topological polar surface area (TPSA) is 0 Å². The van der Waals surface area contributed by atoms with Gasteiger partial charge < -0.3 is 0 Å². The van der Waals surface area contributed by atoms with Gasteiger partial charge in [-0.2, -0.15) is 0 Å². The van der Waals surface area contributed by atoms with Gasteiger partial charge >= 0.3 is 0 Å². The number of rotatable bonds is 2. The molecule has 0 heterocycles. The second-order valence-corrected chi connectivity index (χ2v) is 3.63. The van der Waals surface area contributed by atoms with Crippen molar-refractivity contribution in [3.05, 3.63) is 23.8 Å². The van der Waals surface area contributed by atoms with Gasteiger partial charge in [-0.1, -0.05) is 37.6 Å². The Morgan fingerprint density at radius 3 is 2.73 bits per heavy atom. The number of hydrogen-bond donors (Lipinski definition) is 0. The van der Waals surface area contributed by atoms with Crippen LogP contribution >= 0.6 is 0 Å². The summed E-state index contributed by atoms with van der Waals surface area (Å²) < 4.78 is 0. The van der Waals surface area contributed by atoms with Crippen LogP contribution in [0.2, 0.25) is 0 Å². The van der Waals surface area contributed by atoms with Crippen LogP contribution in [0, 0.1) is 5.92 Å². The molecular weight excluding hydrogens is 132 g/mol. The van der Waals surface area contributed by atoms with E-state index < -0.39 is 0 Å². The Hall–Kier alpha value is -0.520. The SMILES string of the molecule is CC(C)C=CC1=CCCCC1. The van der Waals surface area contributed by atoms with Crippen molar-refractivity contribution in [2.75, 3.05) is 0 Å². The molecule has 1 rings (SSSR count). The molecule has 1 aliphatic rings. The largest absolute Gasteiger partial charge is 0.0817 e. The summed E-state index contributed by atoms with van der Waals surface area (Å²) in [6.45, 7) is 4.44. The van der Waals surface area contributed by atoms with Crippen LogP contribution in [0.15, 0.2) is 23.8 Å². The average Bonchev–Trinajstić information content (AvgIpc) is 2.03. The molecule has 0 N–H and O–H groups in total. The Morgan fingerprint density at radius 2 is 2.18 bits per heavy atom. The van der Waals surface area contributed by atoms with Gasteiger partial charge in [0.25, 0.3) is 0 Å². The van der Waals surface area contributed by atoms with Gasteiger partial charge in [-0.15, -0.1) is 0 Å². The Balaban J connectivity index is 2.41. The predicted molar refractivity (Wildman–Crippen MR) is 50.5 cm³/mol. The molecule has 0 nitrogen and oxygen atoms in total. The second-order valence-electron chi connectivity index (χ2n) is 3.63. The van der Waals surface area contributed by atoms with E-state index in [0.29, 0.717) is 5.92 Å². The lowest BCUT2D eigenvalue weighted by Gasteiger charge is -2.08. The summed E-state index contributed by atoms with van der Waals surface area (Å²) in [6, 6.07) is 0. The van der Waals surface area contributed by atoms with Crippen molar-refractivity contribution in [3.63, 3.8) is 0 Å². The first kappa shape index (κ1) is 8.58. The van der Waals surface area contributed by atoms with Crippen molar-refractivity contribution in [2.24, 2.45) is 5.92 Å². The van der Waals surface area contributed by atoms with Crippen LogP contribution in [0.25, 0.3) is 0 Å². The monoisotopic (exact) mass is 150 g/mol. The molecule has 0 amide bonds. The summed E-state index contributed by atoms with van der Waals surface area (Å²) in [6.07, 6.45) is 12.3. The van der Waals surface area contributed by atoms with Gasteiger partial charge in [0.1, 0.15) is 0 Å². The highest BCUT2D eigenvalue weighted by Crippen LogP contribution is 2.18. The fourth-order valence-corrected chi connectivity index (χ4v) is 1.33. The molecule has 0 aromatic heterocycles. The average molecular weight is 150 g/mol. The molecule has 0 atom stereocenters. The molecule has 0 saturated carbocycles. The molecule has 0 fully saturated rings. The van der Waals surface area contributed by atoms with Crippen LogP contribution in [-0.2, 0) is 0 Å². The fourth-order valence-electron chi connectivity index (χ4n) is 1.33. The maximum absolute atomic E-state index is 2.38. The lowest BCUT2D eigenvalue weighted by Crippen LogP contribution is -1.89. The van der Waals surface area contributed by atoms with Crippen LogP contribution in [0.1, 0.15) is 39.5 Å². The van der Waals surface area contributed by atoms with Gasteiger partial charge in [-0.25, -0.2) is 0 Å². The molecule has 0 aromatic rings. The van der Waals surface area contributed by atoms with E-state index >= 15 is 0 Å². The predicted octanol–water partition coefficient (Wildman–Crippen LogP) is 3.70. The molecule has 0 unspecified atom stereocenters. The molecule has 0 saturated heterocycles. The van der Waals surface area contributed by atoms with Crippen molar-refractivity contribution in [1.82, 2.24) is 0 Å². The van der Waals surface area contributed by atoms with E-state index in [1.165, 1.54) is 25.7 Å². The Kier molecular flexibility index (Phi) is 3.41. The molecule has 1 aliphatic carbocycles. The summed E-state index contributed by atoms with van der Waals surface area (Å²) in [7, 11) is 0. The van der Waals surface area contributed by atoms with Gasteiger partial charge in [0, 0.05) is 0 Å². The first-order valence-corrected chi connectivity index (χ1v) is 4.66. The summed E-state index contributed by atoms with van der Waals surface area (Å²) in [5.74, 6) is 0.692. The standard InChI is InChI=1S/C11H18/c1-10(2)8-9-11-6-4-3-5-7-11/h6,8-10H,3-5,7H2,1-2H3. The number of hydrogen-bond acceptors (Lipinski definition) is 0. The van der Waals surface area contributed by atoms with Crippen molar-refractivity contribution < 1.29 is 0 Å². The quantitative estimate of drug-likeness (QED) is 0.563. The molecule has 0 aliphatic heterocycles. The molecule has 0 heteroatoms. The maximum Gasteiger partial charge on any atom is -0.0282 e. The van der Waals surface area contributed by atoms with Crippen LogP contribution in [0.3, 0.4) is 0 Å². The summed E-state index contributed by atoms with van der Waals surface area (Å²) >= 11 is 0. The highest BCUT2D eigenvalue weighted by atomic mass is 14.0. The van der Waals surface area contributed by atoms with Crippen molar-refractivity contribution in [2.45, 2.75) is 39.5 Å². The molecule has 62 valence electrons. The van der Waals surface area contributed by atoms with Gasteiger partial charge in [-0.3, -0.25) is 0 Å². The van der Waals surface area contributed by atoms with E-state index in [9.17, 15) is 0 Å². The maximum atomic E-state index is 2.38. The zero-order valence-electron chi connectivity index (χ0n) is 7.64. The van der Waals surface area contributed by atoms with Crippen LogP contribution in [-0.4, -0.2) is 0 Å². The van der Waals surface area contributed by atoms with Gasteiger partial charge in [-0.05, 0) is 31.6 Å². The first-order chi connectivity index (χ1) is 5.29. The third-order valence-corrected chi connectivity index (χ3v) is 2.02. The molecule has 11 heavy (non-hydrogen) atoms. The molecule has 0 radical (unpaired) electrons. The third-order valence-electron chi connectivity index (χ3n) is 2.02. The normalized spacial score (nSPS) is 19.4. The zero-order valence-corrected chi connectivity index (χ0v) is 7.64. The van der Waals surface area contributed by atoms with Crippen LogP contribution in [0.5, 0.6) is 0 Å². The molecule has 0 bridgehead atoms. The van der Waals surface area contributed by atoms with E-state index in [1.54, 1.807) is 5.57 Å². The molecule has 0 aromatic carbocycles. The van der Waals surface area contributed by atoms with Gasteiger partial charge in [0.15, 0.2) is 0 Å². The molecule has 0 spiro atoms. The van der Waals surface area contributed by atoms with E-state index in [-0.39, 0.29) is 0 Å². The van der Waals surface area contributed by atoms with E-state index in [2.05, 4.69) is 32.1 Å². The summed E-state index contributed by atoms with van der Waals surface area (Å²) in [5.41, 5.74) is 1.55. The highest BCUT2D eigenvalue weighted by Gasteiger charge is 1.99. The van der Waals surface area contributed by atoms with Crippen molar-refractivity contribution in [1.29, 1.82) is 0 Å². The lowest BCUT2D eigenvalue weighted by molar-refractivity contribution is 0.710.